The summed E-state index contributed by atoms with van der Waals surface area (Å²) >= 11 is 11.8. The molecule has 0 aliphatic rings. The molecular formula is C14H6Br2FN3S. The Bertz CT molecular complexity index is 969. The Kier molecular flexibility index (Phi) is 3.69. The third-order valence-corrected chi connectivity index (χ3v) is 4.43. The predicted molar refractivity (Wildman–Crippen MR) is 88.5 cm³/mol. The summed E-state index contributed by atoms with van der Waals surface area (Å²) < 4.78 is 17.1. The van der Waals surface area contributed by atoms with Crippen LogP contribution in [0, 0.1) is 21.9 Å². The first-order valence-electron chi connectivity index (χ1n) is 5.81. The van der Waals surface area contributed by atoms with Gasteiger partial charge in [-0.1, -0.05) is 15.9 Å². The van der Waals surface area contributed by atoms with E-state index in [-0.39, 0.29) is 0 Å². The Morgan fingerprint density at radius 2 is 2.00 bits per heavy atom. The van der Waals surface area contributed by atoms with Crippen LogP contribution in [0.5, 0.6) is 0 Å². The highest BCUT2D eigenvalue weighted by atomic mass is 79.9. The summed E-state index contributed by atoms with van der Waals surface area (Å²) in [4.78, 5) is 3.02. The van der Waals surface area contributed by atoms with Crippen molar-refractivity contribution in [2.75, 3.05) is 0 Å². The molecule has 104 valence electrons. The van der Waals surface area contributed by atoms with Crippen LogP contribution in [-0.4, -0.2) is 9.55 Å². The molecule has 0 radical (unpaired) electrons. The lowest BCUT2D eigenvalue weighted by Crippen LogP contribution is -1.98. The van der Waals surface area contributed by atoms with Gasteiger partial charge < -0.3 is 4.98 Å². The van der Waals surface area contributed by atoms with Crippen molar-refractivity contribution in [1.82, 2.24) is 9.55 Å². The van der Waals surface area contributed by atoms with Gasteiger partial charge in [0.15, 0.2) is 4.77 Å². The summed E-state index contributed by atoms with van der Waals surface area (Å²) in [7, 11) is 0. The zero-order chi connectivity index (χ0) is 15.1. The molecule has 0 unspecified atom stereocenters. The van der Waals surface area contributed by atoms with Crippen molar-refractivity contribution in [3.8, 4) is 11.8 Å². The van der Waals surface area contributed by atoms with Crippen LogP contribution in [0.4, 0.5) is 4.39 Å². The molecule has 0 bridgehead atoms. The Morgan fingerprint density at radius 3 is 2.71 bits per heavy atom. The van der Waals surface area contributed by atoms with Gasteiger partial charge in [-0.15, -0.1) is 0 Å². The van der Waals surface area contributed by atoms with Crippen LogP contribution in [0.1, 0.15) is 5.56 Å². The van der Waals surface area contributed by atoms with Gasteiger partial charge in [-0.05, 0) is 52.4 Å². The molecule has 2 aromatic carbocycles. The molecule has 0 aliphatic carbocycles. The summed E-state index contributed by atoms with van der Waals surface area (Å²) in [5.41, 5.74) is 2.33. The molecule has 21 heavy (non-hydrogen) atoms. The molecule has 0 aliphatic heterocycles. The molecule has 1 aromatic heterocycles. The molecule has 0 saturated carbocycles. The van der Waals surface area contributed by atoms with E-state index in [4.69, 9.17) is 12.2 Å². The fraction of sp³-hybridized carbons (Fsp3) is 0. The van der Waals surface area contributed by atoms with E-state index < -0.39 is 5.82 Å². The molecule has 3 aromatic rings. The van der Waals surface area contributed by atoms with Gasteiger partial charge in [-0.2, -0.15) is 5.26 Å². The number of fused-ring (bicyclic) bond motifs is 1. The van der Waals surface area contributed by atoms with Crippen LogP contribution in [0.2, 0.25) is 0 Å². The highest BCUT2D eigenvalue weighted by molar-refractivity contribution is 9.10. The first kappa shape index (κ1) is 14.4. The molecule has 0 fully saturated rings. The van der Waals surface area contributed by atoms with Gasteiger partial charge in [0.2, 0.25) is 0 Å². The van der Waals surface area contributed by atoms with Crippen molar-refractivity contribution >= 4 is 55.1 Å². The second-order valence-corrected chi connectivity index (χ2v) is 6.48. The van der Waals surface area contributed by atoms with Gasteiger partial charge in [0.05, 0.1) is 26.8 Å². The lowest BCUT2D eigenvalue weighted by atomic mass is 10.2. The highest BCUT2D eigenvalue weighted by Crippen LogP contribution is 2.28. The van der Waals surface area contributed by atoms with Crippen molar-refractivity contribution in [1.29, 1.82) is 5.26 Å². The molecule has 0 amide bonds. The number of nitrogens with one attached hydrogen (secondary N) is 1. The Morgan fingerprint density at radius 1 is 1.24 bits per heavy atom. The smallest absolute Gasteiger partial charge is 0.182 e. The fourth-order valence-corrected chi connectivity index (χ4v) is 3.12. The third kappa shape index (κ3) is 2.44. The second kappa shape index (κ2) is 5.37. The zero-order valence-electron chi connectivity index (χ0n) is 10.3. The van der Waals surface area contributed by atoms with Crippen molar-refractivity contribution < 1.29 is 4.39 Å². The molecule has 3 rings (SSSR count). The van der Waals surface area contributed by atoms with Crippen molar-refractivity contribution in [2.45, 2.75) is 0 Å². The maximum Gasteiger partial charge on any atom is 0.182 e. The van der Waals surface area contributed by atoms with Crippen LogP contribution >= 0.6 is 44.1 Å². The van der Waals surface area contributed by atoms with E-state index in [9.17, 15) is 9.65 Å². The van der Waals surface area contributed by atoms with Crippen LogP contribution in [0.15, 0.2) is 39.3 Å². The summed E-state index contributed by atoms with van der Waals surface area (Å²) in [6, 6.07) is 10.4. The summed E-state index contributed by atoms with van der Waals surface area (Å²) in [5.74, 6) is -0.390. The average molecular weight is 427 g/mol. The van der Waals surface area contributed by atoms with Crippen molar-refractivity contribution in [3.63, 3.8) is 0 Å². The predicted octanol–water partition coefficient (Wildman–Crippen LogP) is 5.22. The Labute approximate surface area is 141 Å². The van der Waals surface area contributed by atoms with Crippen molar-refractivity contribution in [3.05, 3.63) is 55.4 Å². The maximum atomic E-state index is 13.8. The lowest BCUT2D eigenvalue weighted by Gasteiger charge is -2.08. The second-order valence-electron chi connectivity index (χ2n) is 4.32. The first-order chi connectivity index (χ1) is 10.0. The number of imidazole rings is 1. The van der Waals surface area contributed by atoms with E-state index >= 15 is 0 Å². The minimum atomic E-state index is -0.390. The van der Waals surface area contributed by atoms with Crippen LogP contribution in [0.3, 0.4) is 0 Å². The van der Waals surface area contributed by atoms with E-state index in [2.05, 4.69) is 42.9 Å². The van der Waals surface area contributed by atoms with Crippen molar-refractivity contribution in [2.24, 2.45) is 0 Å². The number of nitriles is 1. The number of nitrogens with zero attached hydrogens (tertiary/aromatic N) is 2. The lowest BCUT2D eigenvalue weighted by molar-refractivity contribution is 0.622. The highest BCUT2D eigenvalue weighted by Gasteiger charge is 2.13. The average Bonchev–Trinajstić information content (AvgIpc) is 2.74. The first-order valence-corrected chi connectivity index (χ1v) is 7.80. The maximum absolute atomic E-state index is 13.8. The number of rotatable bonds is 1. The number of benzene rings is 2. The summed E-state index contributed by atoms with van der Waals surface area (Å²) in [6.07, 6.45) is 0. The third-order valence-electron chi connectivity index (χ3n) is 3.05. The molecule has 0 saturated heterocycles. The minimum Gasteiger partial charge on any atom is -0.330 e. The van der Waals surface area contributed by atoms with Gasteiger partial charge in [-0.25, -0.2) is 4.39 Å². The van der Waals surface area contributed by atoms with Crippen LogP contribution in [0.25, 0.3) is 16.7 Å². The largest absolute Gasteiger partial charge is 0.330 e. The normalized spacial score (nSPS) is 10.8. The molecule has 0 spiro atoms. The standard InChI is InChI=1S/C14H6Br2FN3S/c15-8-2-1-7(6-18)12(3-8)20-13-5-10(17)9(16)4-11(13)19-14(20)21/h1-5H,(H,19,21). The molecule has 0 atom stereocenters. The topological polar surface area (TPSA) is 44.5 Å². The van der Waals surface area contributed by atoms with Crippen LogP contribution in [-0.2, 0) is 0 Å². The zero-order valence-corrected chi connectivity index (χ0v) is 14.3. The van der Waals surface area contributed by atoms with Gasteiger partial charge in [0, 0.05) is 10.5 Å². The number of aromatic amines is 1. The van der Waals surface area contributed by atoms with E-state index in [0.717, 1.165) is 4.47 Å². The summed E-state index contributed by atoms with van der Waals surface area (Å²) in [5, 5.41) is 9.27. The van der Waals surface area contributed by atoms with E-state index in [1.165, 1.54) is 6.07 Å². The Balaban J connectivity index is 2.44. The number of hydrogen-bond donors (Lipinski definition) is 1. The summed E-state index contributed by atoms with van der Waals surface area (Å²) in [6.45, 7) is 0. The van der Waals surface area contributed by atoms with E-state index in [1.54, 1.807) is 28.8 Å². The molecule has 1 N–H and O–H groups in total. The van der Waals surface area contributed by atoms with Gasteiger partial charge in [0.1, 0.15) is 11.9 Å². The van der Waals surface area contributed by atoms with Gasteiger partial charge >= 0.3 is 0 Å². The number of hydrogen-bond acceptors (Lipinski definition) is 2. The van der Waals surface area contributed by atoms with Crippen LogP contribution < -0.4 is 0 Å². The van der Waals surface area contributed by atoms with E-state index in [0.29, 0.717) is 31.5 Å². The molecule has 1 heterocycles. The number of halogens is 3. The number of aromatic nitrogens is 2. The molecule has 3 nitrogen and oxygen atoms in total. The quantitative estimate of drug-likeness (QED) is 0.542. The van der Waals surface area contributed by atoms with Gasteiger partial charge in [0.25, 0.3) is 0 Å². The minimum absolute atomic E-state index is 0.355. The SMILES string of the molecule is N#Cc1ccc(Br)cc1-n1c(=S)[nH]c2cc(Br)c(F)cc21. The Hall–Kier alpha value is -1.49. The van der Waals surface area contributed by atoms with Gasteiger partial charge in [-0.3, -0.25) is 4.57 Å². The fourth-order valence-electron chi connectivity index (χ4n) is 2.13. The van der Waals surface area contributed by atoms with E-state index in [1.807, 2.05) is 0 Å². The monoisotopic (exact) mass is 425 g/mol. The number of H-pyrrole nitrogens is 1. The molecule has 7 heteroatoms. The molecular weight excluding hydrogens is 421 g/mol.